The van der Waals surface area contributed by atoms with Gasteiger partial charge in [0.05, 0.1) is 20.6 Å². The number of nitrogens with zero attached hydrogens (tertiary/aromatic N) is 1. The van der Waals surface area contributed by atoms with Crippen LogP contribution in [0.5, 0.6) is 0 Å². The molecular weight excluding hydrogens is 431 g/mol. The normalized spacial score (nSPS) is 16.3. The molecule has 3 rings (SSSR count). The Morgan fingerprint density at radius 1 is 1.00 bits per heavy atom. The third-order valence-electron chi connectivity index (χ3n) is 4.49. The number of halogens is 3. The SMILES string of the molecule is O=C(Nc1cccc(Cl)c1Cl)C1CCN(S(=O)(=O)c2ccc(Cl)cc2)CC1. The molecule has 0 saturated carbocycles. The van der Waals surface area contributed by atoms with Crippen LogP contribution in [0.15, 0.2) is 47.4 Å². The highest BCUT2D eigenvalue weighted by atomic mass is 35.5. The molecule has 1 N–H and O–H groups in total. The summed E-state index contributed by atoms with van der Waals surface area (Å²) in [6, 6.07) is 11.1. The van der Waals surface area contributed by atoms with Crippen molar-refractivity contribution in [1.29, 1.82) is 0 Å². The van der Waals surface area contributed by atoms with Gasteiger partial charge in [-0.25, -0.2) is 8.42 Å². The minimum atomic E-state index is -3.59. The Labute approximate surface area is 173 Å². The van der Waals surface area contributed by atoms with Gasteiger partial charge in [0.2, 0.25) is 15.9 Å². The first-order valence-corrected chi connectivity index (χ1v) is 10.9. The van der Waals surface area contributed by atoms with E-state index in [9.17, 15) is 13.2 Å². The van der Waals surface area contributed by atoms with Crippen LogP contribution in [0.2, 0.25) is 15.1 Å². The lowest BCUT2D eigenvalue weighted by Gasteiger charge is -2.30. The van der Waals surface area contributed by atoms with Crippen LogP contribution in [-0.2, 0) is 14.8 Å². The summed E-state index contributed by atoms with van der Waals surface area (Å²) in [5.41, 5.74) is 0.449. The molecule has 1 saturated heterocycles. The second-order valence-electron chi connectivity index (χ2n) is 6.22. The molecule has 27 heavy (non-hydrogen) atoms. The van der Waals surface area contributed by atoms with E-state index in [0.717, 1.165) is 0 Å². The van der Waals surface area contributed by atoms with E-state index in [1.807, 2.05) is 0 Å². The van der Waals surface area contributed by atoms with Crippen LogP contribution < -0.4 is 5.32 Å². The molecule has 2 aromatic carbocycles. The predicted molar refractivity (Wildman–Crippen MR) is 108 cm³/mol. The lowest BCUT2D eigenvalue weighted by atomic mass is 9.97. The Balaban J connectivity index is 1.63. The van der Waals surface area contributed by atoms with Gasteiger partial charge in [0.15, 0.2) is 0 Å². The van der Waals surface area contributed by atoms with Crippen LogP contribution >= 0.6 is 34.8 Å². The molecule has 5 nitrogen and oxygen atoms in total. The fraction of sp³-hybridized carbons (Fsp3) is 0.278. The number of hydrogen-bond donors (Lipinski definition) is 1. The fourth-order valence-electron chi connectivity index (χ4n) is 2.95. The van der Waals surface area contributed by atoms with Crippen LogP contribution in [0, 0.1) is 5.92 Å². The summed E-state index contributed by atoms with van der Waals surface area (Å²) in [5.74, 6) is -0.487. The molecule has 0 bridgehead atoms. The van der Waals surface area contributed by atoms with Gasteiger partial charge >= 0.3 is 0 Å². The third-order valence-corrected chi connectivity index (χ3v) is 7.47. The number of rotatable bonds is 4. The zero-order valence-electron chi connectivity index (χ0n) is 14.2. The molecule has 9 heteroatoms. The van der Waals surface area contributed by atoms with Crippen LogP contribution in [-0.4, -0.2) is 31.7 Å². The molecular formula is C18H17Cl3N2O3S. The molecule has 0 unspecified atom stereocenters. The molecule has 1 fully saturated rings. The number of benzene rings is 2. The van der Waals surface area contributed by atoms with Crippen LogP contribution in [0.25, 0.3) is 0 Å². The highest BCUT2D eigenvalue weighted by Crippen LogP contribution is 2.31. The lowest BCUT2D eigenvalue weighted by molar-refractivity contribution is -0.120. The predicted octanol–water partition coefficient (Wildman–Crippen LogP) is 4.69. The number of sulfonamides is 1. The van der Waals surface area contributed by atoms with Crippen molar-refractivity contribution in [3.8, 4) is 0 Å². The summed E-state index contributed by atoms with van der Waals surface area (Å²) in [5, 5.41) is 3.90. The summed E-state index contributed by atoms with van der Waals surface area (Å²) in [6.45, 7) is 0.540. The first-order chi connectivity index (χ1) is 12.8. The minimum absolute atomic E-state index is 0.192. The van der Waals surface area contributed by atoms with E-state index < -0.39 is 10.0 Å². The highest BCUT2D eigenvalue weighted by molar-refractivity contribution is 7.89. The molecule has 144 valence electrons. The van der Waals surface area contributed by atoms with Gasteiger partial charge in [0, 0.05) is 24.0 Å². The maximum atomic E-state index is 12.7. The molecule has 1 aliphatic heterocycles. The van der Waals surface area contributed by atoms with Gasteiger partial charge in [-0.05, 0) is 49.2 Å². The van der Waals surface area contributed by atoms with Crippen LogP contribution in [0.4, 0.5) is 5.69 Å². The lowest BCUT2D eigenvalue weighted by Crippen LogP contribution is -2.41. The van der Waals surface area contributed by atoms with Crippen LogP contribution in [0.1, 0.15) is 12.8 Å². The molecule has 2 aromatic rings. The summed E-state index contributed by atoms with van der Waals surface area (Å²) in [7, 11) is -3.59. The minimum Gasteiger partial charge on any atom is -0.324 e. The monoisotopic (exact) mass is 446 g/mol. The Morgan fingerprint density at radius 2 is 1.63 bits per heavy atom. The number of amides is 1. The van der Waals surface area contributed by atoms with E-state index >= 15 is 0 Å². The Bertz CT molecular complexity index is 941. The number of anilines is 1. The van der Waals surface area contributed by atoms with E-state index in [1.165, 1.54) is 16.4 Å². The summed E-state index contributed by atoms with van der Waals surface area (Å²) in [4.78, 5) is 12.7. The summed E-state index contributed by atoms with van der Waals surface area (Å²) in [6.07, 6.45) is 0.855. The molecule has 0 aliphatic carbocycles. The first kappa shape index (κ1) is 20.4. The van der Waals surface area contributed by atoms with Gasteiger partial charge in [-0.2, -0.15) is 4.31 Å². The summed E-state index contributed by atoms with van der Waals surface area (Å²) < 4.78 is 26.8. The average Bonchev–Trinajstić information content (AvgIpc) is 2.66. The number of carbonyl (C=O) groups excluding carboxylic acids is 1. The van der Waals surface area contributed by atoms with E-state index in [-0.39, 0.29) is 34.8 Å². The fourth-order valence-corrected chi connectivity index (χ4v) is 4.89. The molecule has 1 amide bonds. The maximum absolute atomic E-state index is 12.7. The molecule has 0 spiro atoms. The number of hydrogen-bond acceptors (Lipinski definition) is 3. The second-order valence-corrected chi connectivity index (χ2v) is 9.38. The highest BCUT2D eigenvalue weighted by Gasteiger charge is 2.32. The van der Waals surface area contributed by atoms with Crippen LogP contribution in [0.3, 0.4) is 0 Å². The van der Waals surface area contributed by atoms with Crippen molar-refractivity contribution in [3.05, 3.63) is 57.5 Å². The number of piperidine rings is 1. The largest absolute Gasteiger partial charge is 0.324 e. The molecule has 1 heterocycles. The zero-order valence-corrected chi connectivity index (χ0v) is 17.2. The van der Waals surface area contributed by atoms with Gasteiger partial charge in [-0.3, -0.25) is 4.79 Å². The van der Waals surface area contributed by atoms with E-state index in [1.54, 1.807) is 30.3 Å². The van der Waals surface area contributed by atoms with Crippen molar-refractivity contribution in [2.24, 2.45) is 5.92 Å². The molecule has 0 radical (unpaired) electrons. The Morgan fingerprint density at radius 3 is 2.26 bits per heavy atom. The smallest absolute Gasteiger partial charge is 0.243 e. The average molecular weight is 448 g/mol. The van der Waals surface area contributed by atoms with E-state index in [4.69, 9.17) is 34.8 Å². The molecule has 0 aromatic heterocycles. The van der Waals surface area contributed by atoms with E-state index in [2.05, 4.69) is 5.32 Å². The van der Waals surface area contributed by atoms with Crippen molar-refractivity contribution < 1.29 is 13.2 Å². The summed E-state index contributed by atoms with van der Waals surface area (Å²) >= 11 is 17.9. The quantitative estimate of drug-likeness (QED) is 0.739. The van der Waals surface area contributed by atoms with Crippen molar-refractivity contribution in [2.45, 2.75) is 17.7 Å². The number of carbonyl (C=O) groups is 1. The molecule has 1 aliphatic rings. The van der Waals surface area contributed by atoms with Gasteiger partial charge in [0.25, 0.3) is 0 Å². The van der Waals surface area contributed by atoms with Gasteiger partial charge < -0.3 is 5.32 Å². The van der Waals surface area contributed by atoms with E-state index in [0.29, 0.717) is 28.6 Å². The van der Waals surface area contributed by atoms with Crippen molar-refractivity contribution >= 4 is 56.4 Å². The second kappa shape index (κ2) is 8.37. The topological polar surface area (TPSA) is 66.5 Å². The zero-order chi connectivity index (χ0) is 19.6. The van der Waals surface area contributed by atoms with Gasteiger partial charge in [0.1, 0.15) is 0 Å². The van der Waals surface area contributed by atoms with Gasteiger partial charge in [-0.1, -0.05) is 40.9 Å². The third kappa shape index (κ3) is 4.58. The van der Waals surface area contributed by atoms with Crippen molar-refractivity contribution in [1.82, 2.24) is 4.31 Å². The Kier molecular flexibility index (Phi) is 6.33. The van der Waals surface area contributed by atoms with Gasteiger partial charge in [-0.15, -0.1) is 0 Å². The van der Waals surface area contributed by atoms with Crippen molar-refractivity contribution in [3.63, 3.8) is 0 Å². The Hall–Kier alpha value is -1.31. The molecule has 0 atom stereocenters. The van der Waals surface area contributed by atoms with Crippen molar-refractivity contribution in [2.75, 3.05) is 18.4 Å². The maximum Gasteiger partial charge on any atom is 0.243 e. The first-order valence-electron chi connectivity index (χ1n) is 8.29. The number of nitrogens with one attached hydrogen (secondary N) is 1. The standard InChI is InChI=1S/C18H17Cl3N2O3S/c19-13-4-6-14(7-5-13)27(25,26)23-10-8-12(9-11-23)18(24)22-16-3-1-2-15(20)17(16)21/h1-7,12H,8-11H2,(H,22,24).